The van der Waals surface area contributed by atoms with Crippen molar-refractivity contribution < 1.29 is 9.53 Å². The zero-order valence-corrected chi connectivity index (χ0v) is 10.5. The maximum absolute atomic E-state index is 12.2. The summed E-state index contributed by atoms with van der Waals surface area (Å²) in [4.78, 5) is 20.0. The zero-order valence-electron chi connectivity index (χ0n) is 10.5. The van der Waals surface area contributed by atoms with Crippen LogP contribution in [0.5, 0.6) is 0 Å². The van der Waals surface area contributed by atoms with Gasteiger partial charge in [-0.05, 0) is 23.6 Å². The van der Waals surface area contributed by atoms with Crippen LogP contribution in [-0.4, -0.2) is 22.4 Å². The summed E-state index contributed by atoms with van der Waals surface area (Å²) in [5.41, 5.74) is 2.84. The molecule has 0 aliphatic carbocycles. The van der Waals surface area contributed by atoms with Crippen molar-refractivity contribution in [2.24, 2.45) is 0 Å². The number of benzene rings is 1. The molecule has 1 aromatic heterocycles. The van der Waals surface area contributed by atoms with Gasteiger partial charge in [-0.2, -0.15) is 0 Å². The molecule has 96 valence electrons. The number of ketones is 1. The molecular formula is C15H14N2O2. The van der Waals surface area contributed by atoms with E-state index in [0.29, 0.717) is 18.7 Å². The van der Waals surface area contributed by atoms with Crippen LogP contribution in [0.15, 0.2) is 42.9 Å². The SMILES string of the molecule is O=C(CC1OCCc2ccccc21)c1ccncn1. The van der Waals surface area contributed by atoms with Gasteiger partial charge in [0.25, 0.3) is 0 Å². The Balaban J connectivity index is 1.80. The fourth-order valence-electron chi connectivity index (χ4n) is 2.37. The van der Waals surface area contributed by atoms with E-state index in [1.54, 1.807) is 12.3 Å². The van der Waals surface area contributed by atoms with Crippen LogP contribution in [0.25, 0.3) is 0 Å². The zero-order chi connectivity index (χ0) is 13.1. The van der Waals surface area contributed by atoms with Crippen LogP contribution in [0.4, 0.5) is 0 Å². The number of ether oxygens (including phenoxy) is 1. The second-order valence-electron chi connectivity index (χ2n) is 4.53. The maximum Gasteiger partial charge on any atom is 0.184 e. The summed E-state index contributed by atoms with van der Waals surface area (Å²) in [6.07, 6.45) is 4.05. The second-order valence-corrected chi connectivity index (χ2v) is 4.53. The van der Waals surface area contributed by atoms with E-state index in [9.17, 15) is 4.79 Å². The lowest BCUT2D eigenvalue weighted by atomic mass is 9.94. The molecule has 2 heterocycles. The average molecular weight is 254 g/mol. The van der Waals surface area contributed by atoms with Crippen molar-refractivity contribution in [3.63, 3.8) is 0 Å². The number of Topliss-reactive ketones (excluding diaryl/α,β-unsaturated/α-hetero) is 1. The van der Waals surface area contributed by atoms with E-state index in [4.69, 9.17) is 4.74 Å². The summed E-state index contributed by atoms with van der Waals surface area (Å²) in [5.74, 6) is -0.0101. The van der Waals surface area contributed by atoms with Crippen LogP contribution in [-0.2, 0) is 11.2 Å². The lowest BCUT2D eigenvalue weighted by Gasteiger charge is -2.25. The van der Waals surface area contributed by atoms with Crippen molar-refractivity contribution in [2.75, 3.05) is 6.61 Å². The summed E-state index contributed by atoms with van der Waals surface area (Å²) >= 11 is 0. The van der Waals surface area contributed by atoms with Crippen molar-refractivity contribution in [2.45, 2.75) is 18.9 Å². The summed E-state index contributed by atoms with van der Waals surface area (Å²) < 4.78 is 5.73. The van der Waals surface area contributed by atoms with Gasteiger partial charge in [0.05, 0.1) is 12.7 Å². The van der Waals surface area contributed by atoms with Crippen LogP contribution in [0.3, 0.4) is 0 Å². The van der Waals surface area contributed by atoms with Crippen LogP contribution in [0, 0.1) is 0 Å². The van der Waals surface area contributed by atoms with Gasteiger partial charge in [-0.3, -0.25) is 4.79 Å². The van der Waals surface area contributed by atoms with Crippen molar-refractivity contribution in [1.29, 1.82) is 0 Å². The first kappa shape index (κ1) is 12.0. The molecule has 0 bridgehead atoms. The minimum atomic E-state index is -0.160. The molecule has 2 aromatic rings. The fraction of sp³-hybridized carbons (Fsp3) is 0.267. The van der Waals surface area contributed by atoms with Gasteiger partial charge in [0.1, 0.15) is 12.0 Å². The van der Waals surface area contributed by atoms with Gasteiger partial charge in [-0.25, -0.2) is 9.97 Å². The van der Waals surface area contributed by atoms with Gasteiger partial charge >= 0.3 is 0 Å². The third-order valence-electron chi connectivity index (χ3n) is 3.33. The Morgan fingerprint density at radius 2 is 2.21 bits per heavy atom. The van der Waals surface area contributed by atoms with Gasteiger partial charge in [0, 0.05) is 12.6 Å². The number of rotatable bonds is 3. The third-order valence-corrected chi connectivity index (χ3v) is 3.33. The normalized spacial score (nSPS) is 17.8. The van der Waals surface area contributed by atoms with Crippen LogP contribution in [0.2, 0.25) is 0 Å². The summed E-state index contributed by atoms with van der Waals surface area (Å²) in [5, 5.41) is 0. The van der Waals surface area contributed by atoms with E-state index >= 15 is 0 Å². The summed E-state index contributed by atoms with van der Waals surface area (Å²) in [6.45, 7) is 0.665. The van der Waals surface area contributed by atoms with Gasteiger partial charge in [0.2, 0.25) is 0 Å². The highest BCUT2D eigenvalue weighted by Gasteiger charge is 2.23. The smallest absolute Gasteiger partial charge is 0.184 e. The maximum atomic E-state index is 12.2. The molecule has 1 aliphatic rings. The lowest BCUT2D eigenvalue weighted by Crippen LogP contribution is -2.19. The third kappa shape index (κ3) is 2.53. The standard InChI is InChI=1S/C15H14N2O2/c18-14(13-5-7-16-10-17-13)9-15-12-4-2-1-3-11(12)6-8-19-15/h1-5,7,10,15H,6,8-9H2. The molecular weight excluding hydrogens is 240 g/mol. The molecule has 4 heteroatoms. The number of carbonyl (C=O) groups is 1. The van der Waals surface area contributed by atoms with Gasteiger partial charge in [-0.15, -0.1) is 0 Å². The van der Waals surface area contributed by atoms with Crippen molar-refractivity contribution in [3.05, 3.63) is 59.7 Å². The molecule has 1 aromatic carbocycles. The van der Waals surface area contributed by atoms with Gasteiger partial charge in [-0.1, -0.05) is 24.3 Å². The molecule has 1 aliphatic heterocycles. The molecule has 4 nitrogen and oxygen atoms in total. The second kappa shape index (κ2) is 5.28. The Bertz CT molecular complexity index is 584. The highest BCUT2D eigenvalue weighted by Crippen LogP contribution is 2.30. The predicted octanol–water partition coefficient (Wildman–Crippen LogP) is 2.36. The van der Waals surface area contributed by atoms with Crippen molar-refractivity contribution in [1.82, 2.24) is 9.97 Å². The minimum Gasteiger partial charge on any atom is -0.373 e. The monoisotopic (exact) mass is 254 g/mol. The largest absolute Gasteiger partial charge is 0.373 e. The van der Waals surface area contributed by atoms with Crippen LogP contribution < -0.4 is 0 Å². The Labute approximate surface area is 111 Å². The molecule has 19 heavy (non-hydrogen) atoms. The molecule has 0 amide bonds. The molecule has 1 unspecified atom stereocenters. The molecule has 0 fully saturated rings. The van der Waals surface area contributed by atoms with E-state index in [0.717, 1.165) is 12.0 Å². The number of carbonyl (C=O) groups excluding carboxylic acids is 1. The summed E-state index contributed by atoms with van der Waals surface area (Å²) in [7, 11) is 0. The van der Waals surface area contributed by atoms with Crippen molar-refractivity contribution >= 4 is 5.78 Å². The molecule has 1 atom stereocenters. The van der Waals surface area contributed by atoms with Crippen molar-refractivity contribution in [3.8, 4) is 0 Å². The topological polar surface area (TPSA) is 52.1 Å². The first-order valence-corrected chi connectivity index (χ1v) is 6.33. The number of hydrogen-bond acceptors (Lipinski definition) is 4. The number of fused-ring (bicyclic) bond motifs is 1. The minimum absolute atomic E-state index is 0.0101. The summed E-state index contributed by atoms with van der Waals surface area (Å²) in [6, 6.07) is 9.77. The predicted molar refractivity (Wildman–Crippen MR) is 69.8 cm³/mol. The van der Waals surface area contributed by atoms with E-state index in [1.165, 1.54) is 11.9 Å². The first-order chi connectivity index (χ1) is 9.34. The fourth-order valence-corrected chi connectivity index (χ4v) is 2.37. The molecule has 0 radical (unpaired) electrons. The molecule has 3 rings (SSSR count). The molecule has 0 saturated carbocycles. The highest BCUT2D eigenvalue weighted by atomic mass is 16.5. The molecule has 0 saturated heterocycles. The Kier molecular flexibility index (Phi) is 3.33. The van der Waals surface area contributed by atoms with Crippen LogP contribution >= 0.6 is 0 Å². The van der Waals surface area contributed by atoms with E-state index in [-0.39, 0.29) is 11.9 Å². The lowest BCUT2D eigenvalue weighted by molar-refractivity contribution is 0.0350. The Morgan fingerprint density at radius 1 is 1.32 bits per heavy atom. The Morgan fingerprint density at radius 3 is 3.05 bits per heavy atom. The molecule has 0 N–H and O–H groups in total. The number of nitrogens with zero attached hydrogens (tertiary/aromatic N) is 2. The van der Waals surface area contributed by atoms with E-state index < -0.39 is 0 Å². The van der Waals surface area contributed by atoms with Crippen LogP contribution in [0.1, 0.15) is 34.1 Å². The Hall–Kier alpha value is -2.07. The van der Waals surface area contributed by atoms with E-state index in [2.05, 4.69) is 16.0 Å². The highest BCUT2D eigenvalue weighted by molar-refractivity contribution is 5.94. The average Bonchev–Trinajstić information content (AvgIpc) is 2.48. The van der Waals surface area contributed by atoms with Gasteiger partial charge < -0.3 is 4.74 Å². The van der Waals surface area contributed by atoms with Gasteiger partial charge in [0.15, 0.2) is 5.78 Å². The number of hydrogen-bond donors (Lipinski definition) is 0. The van der Waals surface area contributed by atoms with E-state index in [1.807, 2.05) is 18.2 Å². The molecule has 0 spiro atoms. The first-order valence-electron chi connectivity index (χ1n) is 6.33. The number of aromatic nitrogens is 2. The quantitative estimate of drug-likeness (QED) is 0.789.